The first kappa shape index (κ1) is 10.8. The molecule has 0 heterocycles. The van der Waals surface area contributed by atoms with Crippen LogP contribution in [0.15, 0.2) is 0 Å². The van der Waals surface area contributed by atoms with Gasteiger partial charge in [0.05, 0.1) is 12.7 Å². The number of hydrogen-bond acceptors (Lipinski definition) is 5. The fourth-order valence-corrected chi connectivity index (χ4v) is 1.03. The third kappa shape index (κ3) is 4.31. The van der Waals surface area contributed by atoms with Gasteiger partial charge in [0.2, 0.25) is 0 Å². The molecular weight excluding hydrogens is 170 g/mol. The van der Waals surface area contributed by atoms with Crippen LogP contribution in [-0.4, -0.2) is 27.7 Å². The van der Waals surface area contributed by atoms with E-state index in [0.29, 0.717) is 0 Å². The van der Waals surface area contributed by atoms with E-state index in [1.807, 2.05) is 0 Å². The Morgan fingerprint density at radius 1 is 1.45 bits per heavy atom. The lowest BCUT2D eigenvalue weighted by Crippen LogP contribution is -2.36. The van der Waals surface area contributed by atoms with Gasteiger partial charge in [0.25, 0.3) is 0 Å². The van der Waals surface area contributed by atoms with Gasteiger partial charge < -0.3 is 5.73 Å². The minimum absolute atomic E-state index is 0.107. The van der Waals surface area contributed by atoms with Gasteiger partial charge in [-0.15, -0.1) is 0 Å². The van der Waals surface area contributed by atoms with E-state index < -0.39 is 16.0 Å². The molecule has 0 atom stereocenters. The van der Waals surface area contributed by atoms with E-state index in [1.54, 1.807) is 13.8 Å². The Bertz CT molecular complexity index is 209. The van der Waals surface area contributed by atoms with E-state index in [2.05, 4.69) is 8.37 Å². The van der Waals surface area contributed by atoms with Crippen LogP contribution in [0, 0.1) is 0 Å². The average molecular weight is 183 g/mol. The molecule has 0 aromatic rings. The molecular formula is C5H13NO4S. The van der Waals surface area contributed by atoms with E-state index in [1.165, 1.54) is 0 Å². The molecule has 5 nitrogen and oxygen atoms in total. The van der Waals surface area contributed by atoms with Gasteiger partial charge in [-0.3, -0.25) is 4.18 Å². The third-order valence-corrected chi connectivity index (χ3v) is 2.09. The second kappa shape index (κ2) is 3.48. The lowest BCUT2D eigenvalue weighted by Gasteiger charge is -2.20. The molecule has 0 bridgehead atoms. The summed E-state index contributed by atoms with van der Waals surface area (Å²) >= 11 is 0. The lowest BCUT2D eigenvalue weighted by atomic mass is 10.1. The fraction of sp³-hybridized carbons (Fsp3) is 1.00. The second-order valence-electron chi connectivity index (χ2n) is 2.62. The molecule has 0 rings (SSSR count). The maximum atomic E-state index is 10.7. The topological polar surface area (TPSA) is 78.6 Å². The van der Waals surface area contributed by atoms with Crippen LogP contribution in [0.2, 0.25) is 0 Å². The number of hydrogen-bond donors (Lipinski definition) is 1. The van der Waals surface area contributed by atoms with E-state index in [-0.39, 0.29) is 6.54 Å². The van der Waals surface area contributed by atoms with Crippen molar-refractivity contribution in [2.24, 2.45) is 5.73 Å². The van der Waals surface area contributed by atoms with Crippen molar-refractivity contribution < 1.29 is 16.8 Å². The lowest BCUT2D eigenvalue weighted by molar-refractivity contribution is 0.101. The zero-order chi connectivity index (χ0) is 9.12. The van der Waals surface area contributed by atoms with E-state index in [0.717, 1.165) is 7.11 Å². The highest BCUT2D eigenvalue weighted by Gasteiger charge is 2.24. The second-order valence-corrected chi connectivity index (χ2v) is 3.94. The van der Waals surface area contributed by atoms with Gasteiger partial charge in [-0.2, -0.15) is 8.42 Å². The molecule has 0 aliphatic heterocycles. The Hall–Kier alpha value is -0.170. The van der Waals surface area contributed by atoms with Gasteiger partial charge in [0, 0.05) is 6.54 Å². The summed E-state index contributed by atoms with van der Waals surface area (Å²) in [4.78, 5) is 0. The Balaban J connectivity index is 4.26. The molecule has 0 amide bonds. The van der Waals surface area contributed by atoms with Crippen LogP contribution in [0.5, 0.6) is 0 Å². The zero-order valence-electron chi connectivity index (χ0n) is 6.83. The first-order valence-corrected chi connectivity index (χ1v) is 4.37. The van der Waals surface area contributed by atoms with Crippen molar-refractivity contribution >= 4 is 10.4 Å². The van der Waals surface area contributed by atoms with Crippen LogP contribution >= 0.6 is 0 Å². The Labute approximate surface area is 66.8 Å². The first-order valence-electron chi connectivity index (χ1n) is 3.04. The molecule has 0 aromatic heterocycles. The molecule has 2 N–H and O–H groups in total. The fourth-order valence-electron chi connectivity index (χ4n) is 0.344. The maximum absolute atomic E-state index is 10.7. The van der Waals surface area contributed by atoms with Gasteiger partial charge in [-0.05, 0) is 13.8 Å². The van der Waals surface area contributed by atoms with Gasteiger partial charge in [-0.1, -0.05) is 0 Å². The molecule has 11 heavy (non-hydrogen) atoms. The van der Waals surface area contributed by atoms with Crippen molar-refractivity contribution in [3.63, 3.8) is 0 Å². The van der Waals surface area contributed by atoms with Gasteiger partial charge in [-0.25, -0.2) is 4.18 Å². The Morgan fingerprint density at radius 2 is 1.91 bits per heavy atom. The summed E-state index contributed by atoms with van der Waals surface area (Å²) in [5.74, 6) is 0. The van der Waals surface area contributed by atoms with E-state index in [9.17, 15) is 8.42 Å². The van der Waals surface area contributed by atoms with Crippen molar-refractivity contribution in [2.75, 3.05) is 13.7 Å². The summed E-state index contributed by atoms with van der Waals surface area (Å²) in [6.07, 6.45) is 0. The largest absolute Gasteiger partial charge is 0.400 e. The molecule has 0 saturated heterocycles. The van der Waals surface area contributed by atoms with Gasteiger partial charge in [0.15, 0.2) is 0 Å². The molecule has 0 fully saturated rings. The quantitative estimate of drug-likeness (QED) is 0.643. The molecule has 0 aliphatic rings. The molecule has 0 spiro atoms. The first-order chi connectivity index (χ1) is 4.83. The summed E-state index contributed by atoms with van der Waals surface area (Å²) in [6, 6.07) is 0. The predicted octanol–water partition coefficient (Wildman–Crippen LogP) is -0.368. The SMILES string of the molecule is COS(=O)(=O)OC(C)(C)CN. The van der Waals surface area contributed by atoms with Crippen LogP contribution < -0.4 is 5.73 Å². The van der Waals surface area contributed by atoms with E-state index >= 15 is 0 Å². The molecule has 0 radical (unpaired) electrons. The zero-order valence-corrected chi connectivity index (χ0v) is 7.64. The van der Waals surface area contributed by atoms with Crippen LogP contribution in [0.4, 0.5) is 0 Å². The minimum Gasteiger partial charge on any atom is -0.328 e. The van der Waals surface area contributed by atoms with Crippen LogP contribution in [0.1, 0.15) is 13.8 Å². The molecule has 0 saturated carbocycles. The van der Waals surface area contributed by atoms with Crippen molar-refractivity contribution in [1.82, 2.24) is 0 Å². The normalized spacial score (nSPS) is 13.5. The summed E-state index contributed by atoms with van der Waals surface area (Å²) < 4.78 is 30.0. The maximum Gasteiger partial charge on any atom is 0.400 e. The van der Waals surface area contributed by atoms with Crippen molar-refractivity contribution in [1.29, 1.82) is 0 Å². The third-order valence-electron chi connectivity index (χ3n) is 1.02. The Kier molecular flexibility index (Phi) is 3.43. The molecule has 0 unspecified atom stereocenters. The number of nitrogens with two attached hydrogens (primary N) is 1. The summed E-state index contributed by atoms with van der Waals surface area (Å²) in [7, 11) is -2.84. The minimum atomic E-state index is -3.87. The average Bonchev–Trinajstić information content (AvgIpc) is 1.86. The van der Waals surface area contributed by atoms with Crippen LogP contribution in [0.3, 0.4) is 0 Å². The number of rotatable bonds is 4. The molecule has 6 heteroatoms. The molecule has 0 aromatic carbocycles. The van der Waals surface area contributed by atoms with Crippen LogP contribution in [-0.2, 0) is 18.8 Å². The summed E-state index contributed by atoms with van der Waals surface area (Å²) in [5, 5.41) is 0. The smallest absolute Gasteiger partial charge is 0.328 e. The van der Waals surface area contributed by atoms with E-state index in [4.69, 9.17) is 5.73 Å². The Morgan fingerprint density at radius 3 is 2.18 bits per heavy atom. The summed E-state index contributed by atoms with van der Waals surface area (Å²) in [6.45, 7) is 3.22. The highest BCUT2D eigenvalue weighted by atomic mass is 32.3. The van der Waals surface area contributed by atoms with Crippen molar-refractivity contribution in [3.8, 4) is 0 Å². The predicted molar refractivity (Wildman–Crippen MR) is 40.1 cm³/mol. The highest BCUT2D eigenvalue weighted by molar-refractivity contribution is 7.81. The van der Waals surface area contributed by atoms with Gasteiger partial charge in [0.1, 0.15) is 0 Å². The van der Waals surface area contributed by atoms with Crippen molar-refractivity contribution in [3.05, 3.63) is 0 Å². The van der Waals surface area contributed by atoms with Crippen molar-refractivity contribution in [2.45, 2.75) is 19.4 Å². The molecule has 0 aliphatic carbocycles. The highest BCUT2D eigenvalue weighted by Crippen LogP contribution is 2.11. The van der Waals surface area contributed by atoms with Crippen LogP contribution in [0.25, 0.3) is 0 Å². The van der Waals surface area contributed by atoms with Gasteiger partial charge >= 0.3 is 10.4 Å². The standard InChI is InChI=1S/C5H13NO4S/c1-5(2,4-6)10-11(7,8)9-3/h4,6H2,1-3H3. The summed E-state index contributed by atoms with van der Waals surface area (Å²) in [5.41, 5.74) is 4.32. The molecule has 68 valence electrons. The monoisotopic (exact) mass is 183 g/mol.